The molecule has 1 heterocycles. The number of esters is 1. The molecule has 122 valence electrons. The van der Waals surface area contributed by atoms with Crippen LogP contribution in [0, 0.1) is 0 Å². The highest BCUT2D eigenvalue weighted by Gasteiger charge is 2.07. The summed E-state index contributed by atoms with van der Waals surface area (Å²) in [5, 5.41) is 1.02. The van der Waals surface area contributed by atoms with Gasteiger partial charge >= 0.3 is 5.97 Å². The fraction of sp³-hybridized carbons (Fsp3) is 0.200. The van der Waals surface area contributed by atoms with E-state index in [4.69, 9.17) is 4.74 Å². The first kappa shape index (κ1) is 16.0. The van der Waals surface area contributed by atoms with Crippen LogP contribution >= 0.6 is 0 Å². The molecule has 0 saturated carbocycles. The Balaban J connectivity index is 1.80. The van der Waals surface area contributed by atoms with Gasteiger partial charge in [0.25, 0.3) is 0 Å². The molecule has 0 amide bonds. The van der Waals surface area contributed by atoms with E-state index < -0.39 is 0 Å². The number of carbonyl (C=O) groups excluding carboxylic acids is 1. The molecule has 0 spiro atoms. The normalized spacial score (nSPS) is 10.5. The fourth-order valence-corrected chi connectivity index (χ4v) is 2.48. The van der Waals surface area contributed by atoms with Crippen molar-refractivity contribution in [2.24, 2.45) is 0 Å². The van der Waals surface area contributed by atoms with Gasteiger partial charge in [-0.1, -0.05) is 48.5 Å². The van der Waals surface area contributed by atoms with E-state index in [2.05, 4.69) is 9.72 Å². The highest BCUT2D eigenvalue weighted by molar-refractivity contribution is 5.84. The van der Waals surface area contributed by atoms with E-state index in [1.54, 1.807) is 0 Å². The topological polar surface area (TPSA) is 48.4 Å². The number of aromatic nitrogens is 1. The Morgan fingerprint density at radius 1 is 1.00 bits per heavy atom. The van der Waals surface area contributed by atoms with Crippen molar-refractivity contribution in [3.63, 3.8) is 0 Å². The molecule has 3 rings (SSSR count). The average molecular weight is 321 g/mol. The van der Waals surface area contributed by atoms with Crippen LogP contribution < -0.4 is 4.74 Å². The summed E-state index contributed by atoms with van der Waals surface area (Å²) in [6.07, 6.45) is 0.873. The van der Waals surface area contributed by atoms with Crippen LogP contribution in [0.3, 0.4) is 0 Å². The zero-order chi connectivity index (χ0) is 16.8. The Kier molecular flexibility index (Phi) is 5.06. The minimum absolute atomic E-state index is 0.231. The largest absolute Gasteiger partial charge is 0.487 e. The second kappa shape index (κ2) is 7.59. The van der Waals surface area contributed by atoms with Crippen molar-refractivity contribution in [1.29, 1.82) is 0 Å². The van der Waals surface area contributed by atoms with Crippen LogP contribution in [0.1, 0.15) is 17.7 Å². The Morgan fingerprint density at radius 3 is 2.62 bits per heavy atom. The van der Waals surface area contributed by atoms with Crippen LogP contribution in [0.5, 0.6) is 5.75 Å². The second-order valence-electron chi connectivity index (χ2n) is 5.48. The third-order valence-corrected chi connectivity index (χ3v) is 3.79. The highest BCUT2D eigenvalue weighted by atomic mass is 16.5. The van der Waals surface area contributed by atoms with Crippen LogP contribution in [-0.4, -0.2) is 18.1 Å². The first-order valence-corrected chi connectivity index (χ1v) is 7.88. The first-order chi connectivity index (χ1) is 11.8. The second-order valence-corrected chi connectivity index (χ2v) is 5.48. The van der Waals surface area contributed by atoms with E-state index in [9.17, 15) is 4.79 Å². The van der Waals surface area contributed by atoms with Crippen molar-refractivity contribution in [2.75, 3.05) is 7.11 Å². The molecule has 0 saturated heterocycles. The lowest BCUT2D eigenvalue weighted by Crippen LogP contribution is -2.03. The molecule has 2 aromatic carbocycles. The standard InChI is InChI=1S/C20H19NO3/c1-23-19(22)13-12-17-11-10-16-8-5-9-18(20(16)21-17)24-14-15-6-3-2-4-7-15/h2-11H,12-14H2,1H3. The molecule has 0 bridgehead atoms. The van der Waals surface area contributed by atoms with Crippen molar-refractivity contribution < 1.29 is 14.3 Å². The van der Waals surface area contributed by atoms with Crippen LogP contribution in [0.4, 0.5) is 0 Å². The summed E-state index contributed by atoms with van der Waals surface area (Å²) in [5.74, 6) is 0.516. The van der Waals surface area contributed by atoms with Gasteiger partial charge in [-0.3, -0.25) is 4.79 Å². The lowest BCUT2D eigenvalue weighted by molar-refractivity contribution is -0.140. The molecule has 4 heteroatoms. The Hall–Kier alpha value is -2.88. The molecule has 3 aromatic rings. The van der Waals surface area contributed by atoms with Crippen molar-refractivity contribution in [1.82, 2.24) is 4.98 Å². The first-order valence-electron chi connectivity index (χ1n) is 7.88. The molecule has 1 aromatic heterocycles. The summed E-state index contributed by atoms with van der Waals surface area (Å²) in [4.78, 5) is 16.0. The SMILES string of the molecule is COC(=O)CCc1ccc2cccc(OCc3ccccc3)c2n1. The average Bonchev–Trinajstić information content (AvgIpc) is 2.65. The van der Waals surface area contributed by atoms with E-state index in [0.29, 0.717) is 19.4 Å². The van der Waals surface area contributed by atoms with Gasteiger partial charge in [-0.05, 0) is 17.7 Å². The molecule has 0 unspecified atom stereocenters. The fourth-order valence-electron chi connectivity index (χ4n) is 2.48. The predicted molar refractivity (Wildman–Crippen MR) is 92.9 cm³/mol. The van der Waals surface area contributed by atoms with Gasteiger partial charge in [0, 0.05) is 17.5 Å². The molecule has 0 aliphatic heterocycles. The number of benzene rings is 2. The quantitative estimate of drug-likeness (QED) is 0.646. The Bertz CT molecular complexity index is 831. The molecule has 0 aliphatic carbocycles. The van der Waals surface area contributed by atoms with Gasteiger partial charge in [-0.2, -0.15) is 0 Å². The van der Waals surface area contributed by atoms with Crippen LogP contribution in [-0.2, 0) is 22.6 Å². The highest BCUT2D eigenvalue weighted by Crippen LogP contribution is 2.25. The zero-order valence-corrected chi connectivity index (χ0v) is 13.6. The maximum Gasteiger partial charge on any atom is 0.305 e. The minimum atomic E-state index is -0.231. The van der Waals surface area contributed by atoms with E-state index in [1.165, 1.54) is 7.11 Å². The van der Waals surface area contributed by atoms with Gasteiger partial charge < -0.3 is 9.47 Å². The number of nitrogens with zero attached hydrogens (tertiary/aromatic N) is 1. The Labute approximate surface area is 141 Å². The Morgan fingerprint density at radius 2 is 1.83 bits per heavy atom. The smallest absolute Gasteiger partial charge is 0.305 e. The van der Waals surface area contributed by atoms with Gasteiger partial charge in [0.05, 0.1) is 13.5 Å². The van der Waals surface area contributed by atoms with Gasteiger partial charge in [-0.25, -0.2) is 4.98 Å². The summed E-state index contributed by atoms with van der Waals surface area (Å²) in [7, 11) is 1.39. The van der Waals surface area contributed by atoms with E-state index in [1.807, 2.05) is 60.7 Å². The molecule has 4 nitrogen and oxygen atoms in total. The predicted octanol–water partition coefficient (Wildman–Crippen LogP) is 3.92. The number of ether oxygens (including phenoxy) is 2. The summed E-state index contributed by atoms with van der Waals surface area (Å²) in [6, 6.07) is 19.8. The number of hydrogen-bond donors (Lipinski definition) is 0. The molecule has 0 radical (unpaired) electrons. The molecule has 0 fully saturated rings. The number of rotatable bonds is 6. The van der Waals surface area contributed by atoms with Gasteiger partial charge in [0.15, 0.2) is 0 Å². The van der Waals surface area contributed by atoms with Gasteiger partial charge in [0.2, 0.25) is 0 Å². The number of carbonyl (C=O) groups is 1. The molecule has 0 aliphatic rings. The number of aryl methyl sites for hydroxylation is 1. The van der Waals surface area contributed by atoms with Crippen LogP contribution in [0.15, 0.2) is 60.7 Å². The molecule has 0 atom stereocenters. The van der Waals surface area contributed by atoms with Gasteiger partial charge in [0.1, 0.15) is 17.9 Å². The summed E-state index contributed by atoms with van der Waals surface area (Å²) in [6.45, 7) is 0.494. The van der Waals surface area contributed by atoms with Crippen molar-refractivity contribution in [2.45, 2.75) is 19.4 Å². The van der Waals surface area contributed by atoms with E-state index >= 15 is 0 Å². The summed E-state index contributed by atoms with van der Waals surface area (Å²) >= 11 is 0. The summed E-state index contributed by atoms with van der Waals surface area (Å²) in [5.41, 5.74) is 2.77. The number of pyridine rings is 1. The number of fused-ring (bicyclic) bond motifs is 1. The number of para-hydroxylation sites is 1. The number of methoxy groups -OCH3 is 1. The van der Waals surface area contributed by atoms with Crippen molar-refractivity contribution in [3.8, 4) is 5.75 Å². The third-order valence-electron chi connectivity index (χ3n) is 3.79. The lowest BCUT2D eigenvalue weighted by atomic mass is 10.1. The number of hydrogen-bond acceptors (Lipinski definition) is 4. The van der Waals surface area contributed by atoms with Crippen molar-refractivity contribution >= 4 is 16.9 Å². The van der Waals surface area contributed by atoms with E-state index in [-0.39, 0.29) is 5.97 Å². The summed E-state index contributed by atoms with van der Waals surface area (Å²) < 4.78 is 10.6. The molecular formula is C20H19NO3. The molecule has 24 heavy (non-hydrogen) atoms. The van der Waals surface area contributed by atoms with Gasteiger partial charge in [-0.15, -0.1) is 0 Å². The molecular weight excluding hydrogens is 302 g/mol. The minimum Gasteiger partial charge on any atom is -0.487 e. The maximum atomic E-state index is 11.3. The lowest BCUT2D eigenvalue weighted by Gasteiger charge is -2.10. The molecule has 0 N–H and O–H groups in total. The maximum absolute atomic E-state index is 11.3. The monoisotopic (exact) mass is 321 g/mol. The van der Waals surface area contributed by atoms with E-state index in [0.717, 1.165) is 27.9 Å². The third kappa shape index (κ3) is 3.90. The van der Waals surface area contributed by atoms with Crippen molar-refractivity contribution in [3.05, 3.63) is 71.9 Å². The van der Waals surface area contributed by atoms with Crippen LogP contribution in [0.2, 0.25) is 0 Å². The zero-order valence-electron chi connectivity index (χ0n) is 13.6. The van der Waals surface area contributed by atoms with Crippen LogP contribution in [0.25, 0.3) is 10.9 Å².